The molecule has 2 heterocycles. The molecule has 0 N–H and O–H groups in total. The predicted octanol–water partition coefficient (Wildman–Crippen LogP) is 3.30. The fourth-order valence-corrected chi connectivity index (χ4v) is 2.77. The van der Waals surface area contributed by atoms with E-state index < -0.39 is 0 Å². The summed E-state index contributed by atoms with van der Waals surface area (Å²) in [6.45, 7) is 0. The first-order valence-corrected chi connectivity index (χ1v) is 7.49. The van der Waals surface area contributed by atoms with Crippen LogP contribution in [-0.2, 0) is 0 Å². The quantitative estimate of drug-likeness (QED) is 0.744. The number of hydrogen-bond acceptors (Lipinski definition) is 3. The summed E-state index contributed by atoms with van der Waals surface area (Å²) < 4.78 is 2.02. The van der Waals surface area contributed by atoms with Gasteiger partial charge in [-0.05, 0) is 35.7 Å². The van der Waals surface area contributed by atoms with E-state index in [1.54, 1.807) is 36.5 Å². The lowest BCUT2D eigenvalue weighted by atomic mass is 10.2. The molecule has 0 saturated carbocycles. The highest BCUT2D eigenvalue weighted by molar-refractivity contribution is 7.08. The molecule has 0 saturated heterocycles. The van der Waals surface area contributed by atoms with E-state index in [-0.39, 0.29) is 5.91 Å². The van der Waals surface area contributed by atoms with Gasteiger partial charge in [0.15, 0.2) is 0 Å². The van der Waals surface area contributed by atoms with E-state index in [0.29, 0.717) is 5.56 Å². The van der Waals surface area contributed by atoms with Crippen molar-refractivity contribution in [3.63, 3.8) is 0 Å². The first kappa shape index (κ1) is 13.6. The van der Waals surface area contributed by atoms with Gasteiger partial charge >= 0.3 is 0 Å². The number of carbonyl (C=O) groups excluding carboxylic acids is 1. The second-order valence-electron chi connectivity index (χ2n) is 4.88. The van der Waals surface area contributed by atoms with Crippen molar-refractivity contribution < 1.29 is 4.79 Å². The van der Waals surface area contributed by atoms with E-state index in [1.165, 1.54) is 0 Å². The third-order valence-electron chi connectivity index (χ3n) is 3.22. The lowest BCUT2D eigenvalue weighted by Crippen LogP contribution is -2.21. The van der Waals surface area contributed by atoms with Crippen LogP contribution >= 0.6 is 11.3 Å². The fraction of sp³-hybridized carbons (Fsp3) is 0.125. The van der Waals surface area contributed by atoms with Gasteiger partial charge in [-0.1, -0.05) is 0 Å². The number of amides is 1. The maximum Gasteiger partial charge on any atom is 0.253 e. The van der Waals surface area contributed by atoms with Gasteiger partial charge in [0.2, 0.25) is 0 Å². The Balaban J connectivity index is 1.96. The molecule has 0 aliphatic rings. The van der Waals surface area contributed by atoms with Gasteiger partial charge in [-0.25, -0.2) is 4.98 Å². The van der Waals surface area contributed by atoms with E-state index in [4.69, 9.17) is 0 Å². The molecule has 0 unspecified atom stereocenters. The number of hydrogen-bond donors (Lipinski definition) is 0. The van der Waals surface area contributed by atoms with E-state index in [1.807, 2.05) is 46.5 Å². The van der Waals surface area contributed by atoms with Gasteiger partial charge in [-0.2, -0.15) is 11.3 Å². The molecule has 0 aliphatic carbocycles. The fourth-order valence-electron chi connectivity index (χ4n) is 2.14. The molecule has 3 aromatic rings. The molecule has 0 fully saturated rings. The van der Waals surface area contributed by atoms with Crippen molar-refractivity contribution in [2.45, 2.75) is 0 Å². The van der Waals surface area contributed by atoms with Gasteiger partial charge < -0.3 is 4.90 Å². The highest BCUT2D eigenvalue weighted by Gasteiger charge is 2.10. The number of thiophene rings is 1. The van der Waals surface area contributed by atoms with E-state index in [2.05, 4.69) is 10.4 Å². The van der Waals surface area contributed by atoms with Crippen LogP contribution in [0, 0.1) is 0 Å². The van der Waals surface area contributed by atoms with Gasteiger partial charge in [0.05, 0.1) is 0 Å². The number of imidazole rings is 1. The van der Waals surface area contributed by atoms with Crippen LogP contribution in [0.3, 0.4) is 0 Å². The zero-order valence-corrected chi connectivity index (χ0v) is 12.7. The molecule has 3 rings (SSSR count). The monoisotopic (exact) mass is 297 g/mol. The minimum Gasteiger partial charge on any atom is -0.345 e. The number of benzene rings is 1. The molecule has 0 radical (unpaired) electrons. The molecule has 0 aliphatic heterocycles. The Hall–Kier alpha value is -2.40. The van der Waals surface area contributed by atoms with Crippen molar-refractivity contribution in [3.05, 3.63) is 59.0 Å². The predicted molar refractivity (Wildman–Crippen MR) is 84.9 cm³/mol. The van der Waals surface area contributed by atoms with Crippen LogP contribution in [0.25, 0.3) is 17.1 Å². The van der Waals surface area contributed by atoms with Gasteiger partial charge in [-0.15, -0.1) is 0 Å². The van der Waals surface area contributed by atoms with Gasteiger partial charge in [0, 0.05) is 48.7 Å². The molecule has 21 heavy (non-hydrogen) atoms. The van der Waals surface area contributed by atoms with Crippen molar-refractivity contribution in [2.75, 3.05) is 14.1 Å². The highest BCUT2D eigenvalue weighted by atomic mass is 32.1. The number of nitrogens with zero attached hydrogens (tertiary/aromatic N) is 3. The van der Waals surface area contributed by atoms with Crippen LogP contribution in [0.15, 0.2) is 53.5 Å². The van der Waals surface area contributed by atoms with Crippen LogP contribution in [-0.4, -0.2) is 34.5 Å². The Bertz CT molecular complexity index is 742. The average Bonchev–Trinajstić information content (AvgIpc) is 3.17. The van der Waals surface area contributed by atoms with Crippen molar-refractivity contribution in [2.24, 2.45) is 0 Å². The largest absolute Gasteiger partial charge is 0.345 e. The van der Waals surface area contributed by atoms with Crippen molar-refractivity contribution in [3.8, 4) is 17.1 Å². The molecule has 1 amide bonds. The van der Waals surface area contributed by atoms with E-state index in [0.717, 1.165) is 17.1 Å². The van der Waals surface area contributed by atoms with Crippen LogP contribution in [0.5, 0.6) is 0 Å². The standard InChI is InChI=1S/C16H15N3OS/c1-18(2)16(20)12-3-5-14(6-4-12)19-9-8-17-15(19)13-7-10-21-11-13/h3-11H,1-2H3. The Morgan fingerprint density at radius 2 is 1.95 bits per heavy atom. The molecule has 2 aromatic heterocycles. The summed E-state index contributed by atoms with van der Waals surface area (Å²) in [5.41, 5.74) is 2.77. The molecular weight excluding hydrogens is 282 g/mol. The zero-order valence-electron chi connectivity index (χ0n) is 11.9. The van der Waals surface area contributed by atoms with Gasteiger partial charge in [0.1, 0.15) is 5.82 Å². The maximum absolute atomic E-state index is 11.9. The molecule has 1 aromatic carbocycles. The first-order valence-electron chi connectivity index (χ1n) is 6.55. The number of aromatic nitrogens is 2. The summed E-state index contributed by atoms with van der Waals surface area (Å²) in [4.78, 5) is 17.9. The highest BCUT2D eigenvalue weighted by Crippen LogP contribution is 2.23. The van der Waals surface area contributed by atoms with Crippen molar-refractivity contribution >= 4 is 17.2 Å². The summed E-state index contributed by atoms with van der Waals surface area (Å²) in [5.74, 6) is 0.910. The SMILES string of the molecule is CN(C)C(=O)c1ccc(-n2ccnc2-c2ccsc2)cc1. The molecule has 5 heteroatoms. The van der Waals surface area contributed by atoms with E-state index >= 15 is 0 Å². The van der Waals surface area contributed by atoms with Crippen LogP contribution in [0.1, 0.15) is 10.4 Å². The Labute approximate surface area is 127 Å². The van der Waals surface area contributed by atoms with Gasteiger partial charge in [0.25, 0.3) is 5.91 Å². The second-order valence-corrected chi connectivity index (χ2v) is 5.66. The van der Waals surface area contributed by atoms with Crippen LogP contribution < -0.4 is 0 Å². The third kappa shape index (κ3) is 2.60. The average molecular weight is 297 g/mol. The second kappa shape index (κ2) is 5.54. The normalized spacial score (nSPS) is 10.6. The van der Waals surface area contributed by atoms with Crippen molar-refractivity contribution in [1.29, 1.82) is 0 Å². The summed E-state index contributed by atoms with van der Waals surface area (Å²) in [7, 11) is 3.50. The molecule has 106 valence electrons. The Morgan fingerprint density at radius 3 is 2.57 bits per heavy atom. The summed E-state index contributed by atoms with van der Waals surface area (Å²) in [5, 5.41) is 4.11. The number of rotatable bonds is 3. The zero-order chi connectivity index (χ0) is 14.8. The Morgan fingerprint density at radius 1 is 1.19 bits per heavy atom. The summed E-state index contributed by atoms with van der Waals surface area (Å²) in [6, 6.07) is 9.61. The lowest BCUT2D eigenvalue weighted by molar-refractivity contribution is 0.0827. The van der Waals surface area contributed by atoms with E-state index in [9.17, 15) is 4.79 Å². The minimum atomic E-state index is 0.00485. The smallest absolute Gasteiger partial charge is 0.253 e. The Kier molecular flexibility index (Phi) is 3.58. The molecule has 4 nitrogen and oxygen atoms in total. The summed E-state index contributed by atoms with van der Waals surface area (Å²) in [6.07, 6.45) is 3.71. The molecular formula is C16H15N3OS. The number of carbonyl (C=O) groups is 1. The first-order chi connectivity index (χ1) is 10.2. The van der Waals surface area contributed by atoms with Crippen LogP contribution in [0.4, 0.5) is 0 Å². The molecule has 0 spiro atoms. The summed E-state index contributed by atoms with van der Waals surface area (Å²) >= 11 is 1.65. The minimum absolute atomic E-state index is 0.00485. The van der Waals surface area contributed by atoms with Crippen molar-refractivity contribution in [1.82, 2.24) is 14.5 Å². The molecule has 0 atom stereocenters. The van der Waals surface area contributed by atoms with Gasteiger partial charge in [-0.3, -0.25) is 9.36 Å². The maximum atomic E-state index is 11.9. The topological polar surface area (TPSA) is 38.1 Å². The van der Waals surface area contributed by atoms with Crippen LogP contribution in [0.2, 0.25) is 0 Å². The lowest BCUT2D eigenvalue weighted by Gasteiger charge is -2.11. The third-order valence-corrected chi connectivity index (χ3v) is 3.90. The molecule has 0 bridgehead atoms.